The minimum absolute atomic E-state index is 0.146. The smallest absolute Gasteiger partial charge is 0.354 e. The number of ketones is 1. The molecule has 5 rings (SSSR count). The van der Waals surface area contributed by atoms with Gasteiger partial charge in [0.2, 0.25) is 0 Å². The maximum Gasteiger partial charge on any atom is 0.419 e. The van der Waals surface area contributed by atoms with E-state index in [1.165, 1.54) is 6.07 Å². The fourth-order valence-corrected chi connectivity index (χ4v) is 3.90. The van der Waals surface area contributed by atoms with Crippen molar-refractivity contribution in [3.8, 4) is 11.4 Å². The summed E-state index contributed by atoms with van der Waals surface area (Å²) >= 11 is 0. The Labute approximate surface area is 192 Å². The number of nitrogens with one attached hydrogen (secondary N) is 2. The van der Waals surface area contributed by atoms with Gasteiger partial charge in [-0.1, -0.05) is 18.2 Å². The number of pyridine rings is 1. The van der Waals surface area contributed by atoms with Crippen molar-refractivity contribution in [1.82, 2.24) is 15.0 Å². The minimum atomic E-state index is -4.61. The minimum Gasteiger partial charge on any atom is -0.354 e. The Kier molecular flexibility index (Phi) is 5.45. The van der Waals surface area contributed by atoms with Crippen molar-refractivity contribution in [2.75, 3.05) is 10.6 Å². The Balaban J connectivity index is 1.50. The van der Waals surface area contributed by atoms with Crippen LogP contribution in [0.25, 0.3) is 11.4 Å². The number of anilines is 4. The van der Waals surface area contributed by atoms with Crippen LogP contribution in [0.5, 0.6) is 0 Å². The first-order valence-electron chi connectivity index (χ1n) is 10.5. The number of hydrogen-bond acceptors (Lipinski definition) is 6. The number of nitrogens with zero attached hydrogens (tertiary/aromatic N) is 3. The molecule has 2 heterocycles. The molecule has 6 nitrogen and oxygen atoms in total. The van der Waals surface area contributed by atoms with Crippen molar-refractivity contribution >= 4 is 28.7 Å². The maximum absolute atomic E-state index is 13.8. The summed E-state index contributed by atoms with van der Waals surface area (Å²) in [5.41, 5.74) is 2.45. The molecule has 0 atom stereocenters. The lowest BCUT2D eigenvalue weighted by atomic mass is 10.1. The fraction of sp³-hybridized carbons (Fsp3) is 0.120. The van der Waals surface area contributed by atoms with Gasteiger partial charge in [0.1, 0.15) is 11.6 Å². The second-order valence-corrected chi connectivity index (χ2v) is 7.86. The molecule has 0 fully saturated rings. The predicted octanol–water partition coefficient (Wildman–Crippen LogP) is 5.71. The van der Waals surface area contributed by atoms with Crippen LogP contribution in [0.2, 0.25) is 0 Å². The van der Waals surface area contributed by atoms with Crippen LogP contribution in [-0.2, 0) is 23.8 Å². The third-order valence-corrected chi connectivity index (χ3v) is 5.47. The Hall–Kier alpha value is -4.27. The normalized spacial score (nSPS) is 13.0. The number of carbonyl (C=O) groups is 1. The van der Waals surface area contributed by atoms with Crippen LogP contribution in [0.1, 0.15) is 16.7 Å². The molecule has 0 radical (unpaired) electrons. The largest absolute Gasteiger partial charge is 0.419 e. The van der Waals surface area contributed by atoms with Crippen LogP contribution in [0, 0.1) is 0 Å². The topological polar surface area (TPSA) is 79.8 Å². The third-order valence-electron chi connectivity index (χ3n) is 5.47. The van der Waals surface area contributed by atoms with E-state index < -0.39 is 11.7 Å². The maximum atomic E-state index is 13.8. The molecule has 4 aromatic rings. The summed E-state index contributed by atoms with van der Waals surface area (Å²) in [5, 5.41) is 5.94. The number of para-hydroxylation sites is 1. The van der Waals surface area contributed by atoms with E-state index in [-0.39, 0.29) is 17.3 Å². The van der Waals surface area contributed by atoms with Gasteiger partial charge in [-0.3, -0.25) is 4.79 Å². The molecule has 0 bridgehead atoms. The second-order valence-electron chi connectivity index (χ2n) is 7.86. The van der Waals surface area contributed by atoms with Crippen molar-refractivity contribution in [3.05, 3.63) is 89.9 Å². The number of halogens is 3. The van der Waals surface area contributed by atoms with E-state index in [4.69, 9.17) is 0 Å². The molecular weight excluding hydrogens is 443 g/mol. The molecule has 0 amide bonds. The van der Waals surface area contributed by atoms with Gasteiger partial charge < -0.3 is 10.6 Å². The number of aromatic nitrogens is 3. The van der Waals surface area contributed by atoms with Gasteiger partial charge >= 0.3 is 6.18 Å². The number of hydrogen-bond donors (Lipinski definition) is 2. The molecule has 2 aromatic heterocycles. The first-order chi connectivity index (χ1) is 16.4. The van der Waals surface area contributed by atoms with Crippen LogP contribution in [0.15, 0.2) is 73.2 Å². The van der Waals surface area contributed by atoms with Gasteiger partial charge in [0.25, 0.3) is 0 Å². The van der Waals surface area contributed by atoms with E-state index in [0.717, 1.165) is 17.3 Å². The highest BCUT2D eigenvalue weighted by molar-refractivity contribution is 5.88. The highest BCUT2D eigenvalue weighted by Gasteiger charge is 2.34. The Morgan fingerprint density at radius 1 is 0.794 bits per heavy atom. The van der Waals surface area contributed by atoms with Crippen molar-refractivity contribution in [3.63, 3.8) is 0 Å². The number of Topliss-reactive ketones (excluding diaryl/α,β-unsaturated/α-hetero) is 1. The quantitative estimate of drug-likeness (QED) is 0.396. The highest BCUT2D eigenvalue weighted by atomic mass is 19.4. The van der Waals surface area contributed by atoms with E-state index >= 15 is 0 Å². The molecule has 0 saturated heterocycles. The number of fused-ring (bicyclic) bond motifs is 1. The molecule has 0 spiro atoms. The Morgan fingerprint density at radius 3 is 2.35 bits per heavy atom. The van der Waals surface area contributed by atoms with Gasteiger partial charge in [0.05, 0.1) is 11.3 Å². The van der Waals surface area contributed by atoms with E-state index in [2.05, 4.69) is 25.6 Å². The van der Waals surface area contributed by atoms with Crippen LogP contribution in [-0.4, -0.2) is 20.7 Å². The molecule has 2 aromatic carbocycles. The van der Waals surface area contributed by atoms with Gasteiger partial charge in [-0.2, -0.15) is 13.2 Å². The van der Waals surface area contributed by atoms with E-state index in [1.807, 2.05) is 12.1 Å². The van der Waals surface area contributed by atoms with Gasteiger partial charge in [-0.05, 0) is 41.5 Å². The first-order valence-corrected chi connectivity index (χ1v) is 10.5. The average Bonchev–Trinajstić information content (AvgIpc) is 3.19. The number of rotatable bonds is 5. The molecule has 0 aliphatic heterocycles. The van der Waals surface area contributed by atoms with Crippen LogP contribution >= 0.6 is 0 Å². The summed E-state index contributed by atoms with van der Waals surface area (Å²) in [7, 11) is 0. The van der Waals surface area contributed by atoms with Gasteiger partial charge in [0.15, 0.2) is 5.82 Å². The zero-order valence-corrected chi connectivity index (χ0v) is 17.7. The number of carbonyl (C=O) groups excluding carboxylic acids is 1. The van der Waals surface area contributed by atoms with Crippen LogP contribution in [0.4, 0.5) is 36.1 Å². The molecule has 0 saturated carbocycles. The summed E-state index contributed by atoms with van der Waals surface area (Å²) in [4.78, 5) is 24.1. The Morgan fingerprint density at radius 2 is 1.56 bits per heavy atom. The summed E-state index contributed by atoms with van der Waals surface area (Å²) < 4.78 is 41.3. The number of alkyl halides is 3. The summed E-state index contributed by atoms with van der Waals surface area (Å²) in [6, 6.07) is 15.3. The lowest BCUT2D eigenvalue weighted by Gasteiger charge is -2.18. The lowest BCUT2D eigenvalue weighted by Crippen LogP contribution is -2.11. The Bertz CT molecular complexity index is 1370. The van der Waals surface area contributed by atoms with E-state index in [1.54, 1.807) is 48.8 Å². The molecule has 1 aliphatic carbocycles. The summed E-state index contributed by atoms with van der Waals surface area (Å²) in [6.45, 7) is 0. The van der Waals surface area contributed by atoms with Gasteiger partial charge in [0, 0.05) is 54.4 Å². The molecule has 170 valence electrons. The predicted molar refractivity (Wildman–Crippen MR) is 122 cm³/mol. The zero-order chi connectivity index (χ0) is 23.7. The van der Waals surface area contributed by atoms with Crippen LogP contribution < -0.4 is 10.6 Å². The third kappa shape index (κ3) is 4.45. The summed E-state index contributed by atoms with van der Waals surface area (Å²) in [6.07, 6.45) is 0.0875. The lowest BCUT2D eigenvalue weighted by molar-refractivity contribution is -0.137. The molecule has 9 heteroatoms. The summed E-state index contributed by atoms with van der Waals surface area (Å²) in [5.74, 6) is 0.764. The van der Waals surface area contributed by atoms with Crippen molar-refractivity contribution in [1.29, 1.82) is 0 Å². The van der Waals surface area contributed by atoms with Gasteiger partial charge in [-0.25, -0.2) is 15.0 Å². The van der Waals surface area contributed by atoms with Crippen molar-refractivity contribution in [2.24, 2.45) is 0 Å². The number of benzene rings is 2. The monoisotopic (exact) mass is 461 g/mol. The molecule has 2 N–H and O–H groups in total. The second kappa shape index (κ2) is 8.58. The van der Waals surface area contributed by atoms with Crippen molar-refractivity contribution < 1.29 is 18.0 Å². The zero-order valence-electron chi connectivity index (χ0n) is 17.7. The molecular formula is C25H18F3N5O. The average molecular weight is 461 g/mol. The molecule has 0 unspecified atom stereocenters. The molecule has 34 heavy (non-hydrogen) atoms. The van der Waals surface area contributed by atoms with E-state index in [9.17, 15) is 18.0 Å². The van der Waals surface area contributed by atoms with Crippen molar-refractivity contribution in [2.45, 2.75) is 19.0 Å². The highest BCUT2D eigenvalue weighted by Crippen LogP contribution is 2.38. The standard InChI is InChI=1S/C25H18F3N5O/c26-25(27,28)20-14-31-23(32-17-7-6-15-11-18(34)12-16(15)10-17)13-22(20)33-21-5-2-1-4-19(21)24-29-8-3-9-30-24/h1-10,13-14H,11-12H2,(H2,31,32,33). The van der Waals surface area contributed by atoms with Gasteiger partial charge in [-0.15, -0.1) is 0 Å². The van der Waals surface area contributed by atoms with E-state index in [0.29, 0.717) is 35.6 Å². The van der Waals surface area contributed by atoms with Crippen LogP contribution in [0.3, 0.4) is 0 Å². The SMILES string of the molecule is O=C1Cc2ccc(Nc3cc(Nc4ccccc4-c4ncccn4)c(C(F)(F)F)cn3)cc2C1. The fourth-order valence-electron chi connectivity index (χ4n) is 3.90. The molecule has 1 aliphatic rings. The first kappa shape index (κ1) is 21.6.